The molecule has 2 aromatic carbocycles. The van der Waals surface area contributed by atoms with Crippen molar-refractivity contribution in [1.82, 2.24) is 9.80 Å². The molecule has 1 saturated heterocycles. The van der Waals surface area contributed by atoms with Crippen LogP contribution in [0.15, 0.2) is 71.1 Å². The standard InChI is InChI=1S/C29H34N2O5/c1-3-35-29(33)24-12-8-16-31(20-24)28(32)27-15-14-26(36-27)21-30(18-22-9-5-4-6-10-22)19-23-11-7-13-25(17-23)34-2/h4-7,9-11,13-15,17,24H,3,8,12,16,18-21H2,1-2H3. The number of likely N-dealkylation sites (tertiary alicyclic amines) is 1. The fourth-order valence-electron chi connectivity index (χ4n) is 4.61. The van der Waals surface area contributed by atoms with E-state index < -0.39 is 0 Å². The SMILES string of the molecule is CCOC(=O)C1CCCN(C(=O)c2ccc(CN(Cc3ccccc3)Cc3cccc(OC)c3)o2)C1. The minimum absolute atomic E-state index is 0.183. The van der Waals surface area contributed by atoms with Crippen molar-refractivity contribution < 1.29 is 23.5 Å². The highest BCUT2D eigenvalue weighted by atomic mass is 16.5. The van der Waals surface area contributed by atoms with Gasteiger partial charge in [0.25, 0.3) is 5.91 Å². The zero-order chi connectivity index (χ0) is 25.3. The van der Waals surface area contributed by atoms with E-state index in [4.69, 9.17) is 13.9 Å². The molecule has 7 heteroatoms. The van der Waals surface area contributed by atoms with E-state index in [2.05, 4.69) is 23.1 Å². The number of ether oxygens (including phenoxy) is 2. The Bertz CT molecular complexity index is 1140. The Morgan fingerprint density at radius 2 is 1.78 bits per heavy atom. The summed E-state index contributed by atoms with van der Waals surface area (Å²) in [6, 6.07) is 21.9. The molecule has 0 N–H and O–H groups in total. The van der Waals surface area contributed by atoms with Crippen LogP contribution >= 0.6 is 0 Å². The third kappa shape index (κ3) is 6.76. The molecular formula is C29H34N2O5. The van der Waals surface area contributed by atoms with Crippen molar-refractivity contribution >= 4 is 11.9 Å². The molecule has 1 aromatic heterocycles. The minimum Gasteiger partial charge on any atom is -0.497 e. The number of benzene rings is 2. The number of methoxy groups -OCH3 is 1. The summed E-state index contributed by atoms with van der Waals surface area (Å²) in [4.78, 5) is 29.3. The highest BCUT2D eigenvalue weighted by Gasteiger charge is 2.31. The number of carbonyl (C=O) groups is 2. The van der Waals surface area contributed by atoms with E-state index in [9.17, 15) is 9.59 Å². The number of hydrogen-bond acceptors (Lipinski definition) is 6. The minimum atomic E-state index is -0.277. The van der Waals surface area contributed by atoms with Gasteiger partial charge in [-0.15, -0.1) is 0 Å². The lowest BCUT2D eigenvalue weighted by Gasteiger charge is -2.30. The molecule has 0 spiro atoms. The molecular weight excluding hydrogens is 456 g/mol. The largest absolute Gasteiger partial charge is 0.497 e. The maximum atomic E-state index is 13.1. The van der Waals surface area contributed by atoms with Crippen LogP contribution in [0.25, 0.3) is 0 Å². The third-order valence-corrected chi connectivity index (χ3v) is 6.37. The van der Waals surface area contributed by atoms with Gasteiger partial charge in [0.1, 0.15) is 11.5 Å². The normalized spacial score (nSPS) is 15.6. The summed E-state index contributed by atoms with van der Waals surface area (Å²) in [6.45, 7) is 5.09. The van der Waals surface area contributed by atoms with Gasteiger partial charge in [-0.05, 0) is 55.2 Å². The second-order valence-corrected chi connectivity index (χ2v) is 9.09. The van der Waals surface area contributed by atoms with Crippen LogP contribution in [0.1, 0.15) is 47.2 Å². The number of carbonyl (C=O) groups excluding carboxylic acids is 2. The van der Waals surface area contributed by atoms with Crippen molar-refractivity contribution in [1.29, 1.82) is 0 Å². The summed E-state index contributed by atoms with van der Waals surface area (Å²) in [6.07, 6.45) is 1.51. The Morgan fingerprint density at radius 1 is 1.00 bits per heavy atom. The highest BCUT2D eigenvalue weighted by molar-refractivity contribution is 5.92. The summed E-state index contributed by atoms with van der Waals surface area (Å²) in [5.41, 5.74) is 2.33. The number of hydrogen-bond donors (Lipinski definition) is 0. The number of piperidine rings is 1. The van der Waals surface area contributed by atoms with E-state index in [0.717, 1.165) is 36.5 Å². The Balaban J connectivity index is 1.45. The Hall–Kier alpha value is -3.58. The zero-order valence-corrected chi connectivity index (χ0v) is 21.0. The quantitative estimate of drug-likeness (QED) is 0.376. The lowest BCUT2D eigenvalue weighted by Crippen LogP contribution is -2.42. The van der Waals surface area contributed by atoms with Gasteiger partial charge < -0.3 is 18.8 Å². The first-order valence-corrected chi connectivity index (χ1v) is 12.5. The average molecular weight is 491 g/mol. The van der Waals surface area contributed by atoms with Gasteiger partial charge in [-0.25, -0.2) is 0 Å². The summed E-state index contributed by atoms with van der Waals surface area (Å²) in [5.74, 6) is 1.15. The molecule has 1 amide bonds. The van der Waals surface area contributed by atoms with Gasteiger partial charge in [0.05, 0.1) is 26.2 Å². The fourth-order valence-corrected chi connectivity index (χ4v) is 4.61. The topological polar surface area (TPSA) is 72.2 Å². The van der Waals surface area contributed by atoms with Crippen molar-refractivity contribution in [2.75, 3.05) is 26.8 Å². The van der Waals surface area contributed by atoms with Crippen molar-refractivity contribution in [3.63, 3.8) is 0 Å². The summed E-state index contributed by atoms with van der Waals surface area (Å²) >= 11 is 0. The average Bonchev–Trinajstić information content (AvgIpc) is 3.37. The third-order valence-electron chi connectivity index (χ3n) is 6.37. The molecule has 0 saturated carbocycles. The van der Waals surface area contributed by atoms with Gasteiger partial charge in [-0.1, -0.05) is 42.5 Å². The van der Waals surface area contributed by atoms with E-state index in [1.807, 2.05) is 42.5 Å². The van der Waals surface area contributed by atoms with Gasteiger partial charge in [-0.3, -0.25) is 14.5 Å². The molecule has 1 aliphatic heterocycles. The van der Waals surface area contributed by atoms with Crippen LogP contribution in [-0.4, -0.2) is 48.5 Å². The molecule has 36 heavy (non-hydrogen) atoms. The first-order chi connectivity index (χ1) is 17.6. The first kappa shape index (κ1) is 25.5. The smallest absolute Gasteiger partial charge is 0.310 e. The van der Waals surface area contributed by atoms with Crippen LogP contribution in [0.3, 0.4) is 0 Å². The number of furan rings is 1. The molecule has 0 bridgehead atoms. The van der Waals surface area contributed by atoms with Gasteiger partial charge in [-0.2, -0.15) is 0 Å². The zero-order valence-electron chi connectivity index (χ0n) is 21.0. The molecule has 1 fully saturated rings. The summed E-state index contributed by atoms with van der Waals surface area (Å²) in [7, 11) is 1.67. The molecule has 7 nitrogen and oxygen atoms in total. The Labute approximate surface area is 212 Å². The van der Waals surface area contributed by atoms with Crippen LogP contribution in [0, 0.1) is 5.92 Å². The van der Waals surface area contributed by atoms with E-state index in [0.29, 0.717) is 38.5 Å². The highest BCUT2D eigenvalue weighted by Crippen LogP contribution is 2.23. The first-order valence-electron chi connectivity index (χ1n) is 12.5. The molecule has 2 heterocycles. The van der Waals surface area contributed by atoms with Crippen molar-refractivity contribution in [3.05, 3.63) is 89.4 Å². The van der Waals surface area contributed by atoms with Gasteiger partial charge in [0.2, 0.25) is 0 Å². The number of nitrogens with zero attached hydrogens (tertiary/aromatic N) is 2. The van der Waals surface area contributed by atoms with Gasteiger partial charge in [0.15, 0.2) is 5.76 Å². The van der Waals surface area contributed by atoms with E-state index in [1.165, 1.54) is 5.56 Å². The molecule has 4 rings (SSSR count). The van der Waals surface area contributed by atoms with Crippen LogP contribution in [0.4, 0.5) is 0 Å². The molecule has 0 radical (unpaired) electrons. The van der Waals surface area contributed by atoms with Crippen LogP contribution in [0.2, 0.25) is 0 Å². The van der Waals surface area contributed by atoms with Crippen molar-refractivity contribution in [2.45, 2.75) is 39.4 Å². The second kappa shape index (κ2) is 12.4. The Kier molecular flexibility index (Phi) is 8.79. The lowest BCUT2D eigenvalue weighted by atomic mass is 9.98. The summed E-state index contributed by atoms with van der Waals surface area (Å²) in [5, 5.41) is 0. The van der Waals surface area contributed by atoms with Crippen LogP contribution in [0.5, 0.6) is 5.75 Å². The molecule has 190 valence electrons. The Morgan fingerprint density at radius 3 is 2.56 bits per heavy atom. The van der Waals surface area contributed by atoms with Crippen LogP contribution in [-0.2, 0) is 29.2 Å². The van der Waals surface area contributed by atoms with Gasteiger partial charge >= 0.3 is 5.97 Å². The van der Waals surface area contributed by atoms with E-state index in [1.54, 1.807) is 25.0 Å². The molecule has 1 unspecified atom stereocenters. The maximum Gasteiger partial charge on any atom is 0.310 e. The molecule has 0 aliphatic carbocycles. The molecule has 3 aromatic rings. The fraction of sp³-hybridized carbons (Fsp3) is 0.379. The number of esters is 1. The predicted molar refractivity (Wildman–Crippen MR) is 136 cm³/mol. The maximum absolute atomic E-state index is 13.1. The predicted octanol–water partition coefficient (Wildman–Crippen LogP) is 4.91. The molecule has 1 atom stereocenters. The summed E-state index contributed by atoms with van der Waals surface area (Å²) < 4.78 is 16.6. The monoisotopic (exact) mass is 490 g/mol. The lowest BCUT2D eigenvalue weighted by molar-refractivity contribution is -0.149. The van der Waals surface area contributed by atoms with E-state index >= 15 is 0 Å². The van der Waals surface area contributed by atoms with Crippen molar-refractivity contribution in [3.8, 4) is 5.75 Å². The van der Waals surface area contributed by atoms with Crippen molar-refractivity contribution in [2.24, 2.45) is 5.92 Å². The molecule has 1 aliphatic rings. The van der Waals surface area contributed by atoms with Gasteiger partial charge in [0, 0.05) is 26.2 Å². The second-order valence-electron chi connectivity index (χ2n) is 9.09. The number of amides is 1. The number of rotatable bonds is 10. The van der Waals surface area contributed by atoms with E-state index in [-0.39, 0.29) is 17.8 Å². The van der Waals surface area contributed by atoms with Crippen LogP contribution < -0.4 is 4.74 Å².